The second kappa shape index (κ2) is 3.62. The number of nitrogens with one attached hydrogen (secondary N) is 1. The van der Waals surface area contributed by atoms with Crippen LogP contribution in [0.15, 0.2) is 18.5 Å². The zero-order valence-electron chi connectivity index (χ0n) is 7.32. The highest BCUT2D eigenvalue weighted by Gasteiger charge is 2.18. The SMILES string of the molecule is O=C(c1cc[nH]c1)N1CCOCC1. The van der Waals surface area contributed by atoms with E-state index in [1.54, 1.807) is 18.5 Å². The van der Waals surface area contributed by atoms with E-state index in [-0.39, 0.29) is 5.91 Å². The van der Waals surface area contributed by atoms with Gasteiger partial charge < -0.3 is 14.6 Å². The fourth-order valence-electron chi connectivity index (χ4n) is 1.41. The van der Waals surface area contributed by atoms with Crippen molar-refractivity contribution in [3.8, 4) is 0 Å². The predicted octanol–water partition coefficient (Wildman–Crippen LogP) is 0.487. The van der Waals surface area contributed by atoms with E-state index in [2.05, 4.69) is 4.98 Å². The third-order valence-corrected chi connectivity index (χ3v) is 2.14. The zero-order valence-corrected chi connectivity index (χ0v) is 7.32. The van der Waals surface area contributed by atoms with E-state index in [4.69, 9.17) is 4.74 Å². The van der Waals surface area contributed by atoms with Gasteiger partial charge in [-0.1, -0.05) is 0 Å². The van der Waals surface area contributed by atoms with Gasteiger partial charge in [0.05, 0.1) is 18.8 Å². The monoisotopic (exact) mass is 180 g/mol. The van der Waals surface area contributed by atoms with Crippen LogP contribution in [-0.2, 0) is 4.74 Å². The standard InChI is InChI=1S/C9H12N2O2/c12-9(8-1-2-10-7-8)11-3-5-13-6-4-11/h1-2,7,10H,3-6H2. The van der Waals surface area contributed by atoms with Gasteiger partial charge in [0.1, 0.15) is 0 Å². The number of morpholine rings is 1. The average Bonchev–Trinajstić information content (AvgIpc) is 2.71. The Morgan fingerprint density at radius 2 is 2.23 bits per heavy atom. The molecule has 1 aromatic heterocycles. The number of amides is 1. The van der Waals surface area contributed by atoms with Crippen LogP contribution in [0.2, 0.25) is 0 Å². The van der Waals surface area contributed by atoms with Crippen molar-refractivity contribution >= 4 is 5.91 Å². The van der Waals surface area contributed by atoms with Gasteiger partial charge in [-0.3, -0.25) is 4.79 Å². The van der Waals surface area contributed by atoms with Gasteiger partial charge in [0.15, 0.2) is 0 Å². The van der Waals surface area contributed by atoms with E-state index in [0.717, 1.165) is 5.56 Å². The molecule has 70 valence electrons. The first-order valence-corrected chi connectivity index (χ1v) is 4.38. The van der Waals surface area contributed by atoms with Crippen molar-refractivity contribution in [2.24, 2.45) is 0 Å². The summed E-state index contributed by atoms with van der Waals surface area (Å²) in [5.41, 5.74) is 0.724. The van der Waals surface area contributed by atoms with Crippen LogP contribution in [0.5, 0.6) is 0 Å². The molecular weight excluding hydrogens is 168 g/mol. The molecule has 13 heavy (non-hydrogen) atoms. The molecule has 1 aromatic rings. The fraction of sp³-hybridized carbons (Fsp3) is 0.444. The minimum absolute atomic E-state index is 0.0875. The summed E-state index contributed by atoms with van der Waals surface area (Å²) in [6, 6.07) is 1.79. The van der Waals surface area contributed by atoms with Crippen LogP contribution in [0.25, 0.3) is 0 Å². The van der Waals surface area contributed by atoms with Crippen molar-refractivity contribution in [2.75, 3.05) is 26.3 Å². The Morgan fingerprint density at radius 3 is 2.85 bits per heavy atom. The molecule has 0 spiro atoms. The topological polar surface area (TPSA) is 45.3 Å². The summed E-state index contributed by atoms with van der Waals surface area (Å²) in [6.45, 7) is 2.69. The number of aromatic nitrogens is 1. The molecule has 0 unspecified atom stereocenters. The van der Waals surface area contributed by atoms with Crippen LogP contribution in [0, 0.1) is 0 Å². The first-order chi connectivity index (χ1) is 6.38. The highest BCUT2D eigenvalue weighted by molar-refractivity contribution is 5.94. The van der Waals surface area contributed by atoms with Crippen molar-refractivity contribution in [1.82, 2.24) is 9.88 Å². The van der Waals surface area contributed by atoms with E-state index in [1.165, 1.54) is 0 Å². The zero-order chi connectivity index (χ0) is 9.10. The minimum Gasteiger partial charge on any atom is -0.378 e. The van der Waals surface area contributed by atoms with E-state index < -0.39 is 0 Å². The largest absolute Gasteiger partial charge is 0.378 e. The minimum atomic E-state index is 0.0875. The Bertz CT molecular complexity index is 276. The van der Waals surface area contributed by atoms with Gasteiger partial charge in [0, 0.05) is 25.5 Å². The van der Waals surface area contributed by atoms with Gasteiger partial charge in [0.2, 0.25) is 0 Å². The number of ether oxygens (including phenoxy) is 1. The molecule has 1 aliphatic rings. The molecule has 0 aliphatic carbocycles. The van der Waals surface area contributed by atoms with E-state index in [1.807, 2.05) is 4.90 Å². The van der Waals surface area contributed by atoms with Gasteiger partial charge >= 0.3 is 0 Å². The van der Waals surface area contributed by atoms with Crippen LogP contribution >= 0.6 is 0 Å². The van der Waals surface area contributed by atoms with Gasteiger partial charge in [-0.2, -0.15) is 0 Å². The number of carbonyl (C=O) groups is 1. The predicted molar refractivity (Wildman–Crippen MR) is 47.5 cm³/mol. The molecule has 2 rings (SSSR count). The summed E-state index contributed by atoms with van der Waals surface area (Å²) >= 11 is 0. The molecular formula is C9H12N2O2. The summed E-state index contributed by atoms with van der Waals surface area (Å²) < 4.78 is 5.17. The summed E-state index contributed by atoms with van der Waals surface area (Å²) in [7, 11) is 0. The Morgan fingerprint density at radius 1 is 1.46 bits per heavy atom. The molecule has 1 N–H and O–H groups in total. The maximum Gasteiger partial charge on any atom is 0.255 e. The highest BCUT2D eigenvalue weighted by Crippen LogP contribution is 2.05. The van der Waals surface area contributed by atoms with Crippen LogP contribution in [0.3, 0.4) is 0 Å². The summed E-state index contributed by atoms with van der Waals surface area (Å²) in [5, 5.41) is 0. The normalized spacial score (nSPS) is 17.4. The molecule has 0 radical (unpaired) electrons. The molecule has 4 heteroatoms. The molecule has 0 aromatic carbocycles. The Labute approximate surface area is 76.5 Å². The number of carbonyl (C=O) groups excluding carboxylic acids is 1. The fourth-order valence-corrected chi connectivity index (χ4v) is 1.41. The molecule has 4 nitrogen and oxygen atoms in total. The van der Waals surface area contributed by atoms with Gasteiger partial charge in [0.25, 0.3) is 5.91 Å². The van der Waals surface area contributed by atoms with Crippen LogP contribution in [-0.4, -0.2) is 42.1 Å². The van der Waals surface area contributed by atoms with Gasteiger partial charge in [-0.05, 0) is 6.07 Å². The maximum absolute atomic E-state index is 11.7. The molecule has 1 fully saturated rings. The third kappa shape index (κ3) is 1.72. The number of aromatic amines is 1. The molecule has 1 aliphatic heterocycles. The Kier molecular flexibility index (Phi) is 2.31. The first-order valence-electron chi connectivity index (χ1n) is 4.38. The Balaban J connectivity index is 2.04. The third-order valence-electron chi connectivity index (χ3n) is 2.14. The number of hydrogen-bond donors (Lipinski definition) is 1. The summed E-state index contributed by atoms with van der Waals surface area (Å²) in [5.74, 6) is 0.0875. The van der Waals surface area contributed by atoms with Crippen LogP contribution < -0.4 is 0 Å². The number of nitrogens with zero attached hydrogens (tertiary/aromatic N) is 1. The lowest BCUT2D eigenvalue weighted by Gasteiger charge is -2.26. The second-order valence-corrected chi connectivity index (χ2v) is 3.00. The highest BCUT2D eigenvalue weighted by atomic mass is 16.5. The second-order valence-electron chi connectivity index (χ2n) is 3.00. The first kappa shape index (κ1) is 8.31. The quantitative estimate of drug-likeness (QED) is 0.683. The van der Waals surface area contributed by atoms with Crippen LogP contribution in [0.4, 0.5) is 0 Å². The lowest BCUT2D eigenvalue weighted by atomic mass is 10.3. The van der Waals surface area contributed by atoms with Crippen LogP contribution in [0.1, 0.15) is 10.4 Å². The number of hydrogen-bond acceptors (Lipinski definition) is 2. The van der Waals surface area contributed by atoms with E-state index >= 15 is 0 Å². The van der Waals surface area contributed by atoms with Crippen molar-refractivity contribution < 1.29 is 9.53 Å². The lowest BCUT2D eigenvalue weighted by molar-refractivity contribution is 0.0303. The molecule has 1 amide bonds. The molecule has 0 saturated carbocycles. The summed E-state index contributed by atoms with van der Waals surface area (Å²) in [6.07, 6.45) is 3.48. The average molecular weight is 180 g/mol. The molecule has 0 bridgehead atoms. The van der Waals surface area contributed by atoms with Crippen molar-refractivity contribution in [1.29, 1.82) is 0 Å². The Hall–Kier alpha value is -1.29. The molecule has 2 heterocycles. The van der Waals surface area contributed by atoms with E-state index in [0.29, 0.717) is 26.3 Å². The smallest absolute Gasteiger partial charge is 0.255 e. The van der Waals surface area contributed by atoms with Gasteiger partial charge in [-0.15, -0.1) is 0 Å². The lowest BCUT2D eigenvalue weighted by Crippen LogP contribution is -2.40. The van der Waals surface area contributed by atoms with Crippen molar-refractivity contribution in [3.05, 3.63) is 24.0 Å². The molecule has 1 saturated heterocycles. The number of H-pyrrole nitrogens is 1. The van der Waals surface area contributed by atoms with Crippen molar-refractivity contribution in [2.45, 2.75) is 0 Å². The number of rotatable bonds is 1. The molecule has 0 atom stereocenters. The summed E-state index contributed by atoms with van der Waals surface area (Å²) in [4.78, 5) is 16.4. The van der Waals surface area contributed by atoms with E-state index in [9.17, 15) is 4.79 Å². The van der Waals surface area contributed by atoms with Crippen molar-refractivity contribution in [3.63, 3.8) is 0 Å². The maximum atomic E-state index is 11.7. The van der Waals surface area contributed by atoms with Gasteiger partial charge in [-0.25, -0.2) is 0 Å².